The second kappa shape index (κ2) is 8.48. The van der Waals surface area contributed by atoms with E-state index in [0.717, 1.165) is 0 Å². The summed E-state index contributed by atoms with van der Waals surface area (Å²) in [7, 11) is 0. The maximum atomic E-state index is 13.0. The molecule has 1 spiro atoms. The Morgan fingerprint density at radius 3 is 2.45 bits per heavy atom. The van der Waals surface area contributed by atoms with Gasteiger partial charge in [0.2, 0.25) is 5.91 Å². The molecule has 0 bridgehead atoms. The number of alkyl halides is 3. The van der Waals surface area contributed by atoms with E-state index >= 15 is 0 Å². The molecule has 1 saturated carbocycles. The van der Waals surface area contributed by atoms with Crippen LogP contribution in [-0.4, -0.2) is 49.3 Å². The van der Waals surface area contributed by atoms with Gasteiger partial charge in [-0.05, 0) is 56.4 Å². The van der Waals surface area contributed by atoms with Crippen molar-refractivity contribution in [3.63, 3.8) is 0 Å². The number of rotatable bonds is 5. The maximum absolute atomic E-state index is 13.0. The minimum Gasteiger partial charge on any atom is -0.446 e. The number of hydrogen-bond donors (Lipinski definition) is 2. The summed E-state index contributed by atoms with van der Waals surface area (Å²) >= 11 is 0. The van der Waals surface area contributed by atoms with Crippen LogP contribution < -0.4 is 15.0 Å². The van der Waals surface area contributed by atoms with Crippen LogP contribution in [-0.2, 0) is 9.53 Å². The van der Waals surface area contributed by atoms with Crippen LogP contribution in [0.1, 0.15) is 32.1 Å². The summed E-state index contributed by atoms with van der Waals surface area (Å²) in [5.41, 5.74) is 0.00548. The number of amides is 2. The number of ether oxygens (including phenoxy) is 2. The molecule has 2 amide bonds. The first kappa shape index (κ1) is 21.2. The van der Waals surface area contributed by atoms with Gasteiger partial charge in [0, 0.05) is 18.8 Å². The minimum absolute atomic E-state index is 0.0508. The normalized spacial score (nSPS) is 24.6. The van der Waals surface area contributed by atoms with Crippen LogP contribution in [0.3, 0.4) is 0 Å². The molecule has 1 saturated heterocycles. The second-order valence-electron chi connectivity index (χ2n) is 7.28. The highest BCUT2D eigenvalue weighted by Gasteiger charge is 2.49. The molecule has 7 nitrogen and oxygen atoms in total. The second-order valence-corrected chi connectivity index (χ2v) is 7.28. The summed E-state index contributed by atoms with van der Waals surface area (Å²) in [5.74, 6) is -0.384. The van der Waals surface area contributed by atoms with Gasteiger partial charge in [-0.25, -0.2) is 4.79 Å². The first-order valence-electron chi connectivity index (χ1n) is 9.46. The third-order valence-corrected chi connectivity index (χ3v) is 5.44. The molecule has 1 aromatic carbocycles. The van der Waals surface area contributed by atoms with E-state index in [1.165, 1.54) is 24.3 Å². The van der Waals surface area contributed by atoms with Crippen molar-refractivity contribution >= 4 is 17.7 Å². The summed E-state index contributed by atoms with van der Waals surface area (Å²) in [5, 5.41) is 11.1. The van der Waals surface area contributed by atoms with Crippen molar-refractivity contribution in [1.82, 2.24) is 5.32 Å². The van der Waals surface area contributed by atoms with Crippen molar-refractivity contribution in [1.29, 1.82) is 0 Å². The number of nitrogens with zero attached hydrogens (tertiary/aromatic N) is 1. The van der Waals surface area contributed by atoms with Crippen LogP contribution in [0.25, 0.3) is 0 Å². The number of halogens is 3. The fourth-order valence-electron chi connectivity index (χ4n) is 3.97. The minimum atomic E-state index is -4.76. The third kappa shape index (κ3) is 5.11. The number of aliphatic hydroxyl groups is 1. The van der Waals surface area contributed by atoms with Crippen molar-refractivity contribution < 1.29 is 37.3 Å². The van der Waals surface area contributed by atoms with Crippen molar-refractivity contribution in [2.75, 3.05) is 24.6 Å². The molecule has 0 aromatic heterocycles. The number of alkyl carbamates (subject to hydrolysis) is 1. The molecular weight excluding hydrogens is 393 g/mol. The largest absolute Gasteiger partial charge is 0.573 e. The number of carbonyl (C=O) groups is 2. The van der Waals surface area contributed by atoms with Crippen LogP contribution in [0.4, 0.5) is 23.7 Å². The Bertz CT molecular complexity index is 730. The average molecular weight is 416 g/mol. The number of anilines is 1. The zero-order valence-electron chi connectivity index (χ0n) is 15.7. The van der Waals surface area contributed by atoms with Gasteiger partial charge in [-0.2, -0.15) is 0 Å². The molecule has 0 unspecified atom stereocenters. The van der Waals surface area contributed by atoms with E-state index in [1.807, 2.05) is 0 Å². The van der Waals surface area contributed by atoms with E-state index in [1.54, 1.807) is 4.90 Å². The molecule has 29 heavy (non-hydrogen) atoms. The van der Waals surface area contributed by atoms with Gasteiger partial charge in [0.1, 0.15) is 11.9 Å². The molecule has 160 valence electrons. The molecule has 1 heterocycles. The Labute approximate surface area is 165 Å². The quantitative estimate of drug-likeness (QED) is 0.771. The van der Waals surface area contributed by atoms with E-state index in [2.05, 4.69) is 10.1 Å². The zero-order chi connectivity index (χ0) is 21.1. The van der Waals surface area contributed by atoms with Crippen LogP contribution in [0.2, 0.25) is 0 Å². The smallest absolute Gasteiger partial charge is 0.446 e. The Morgan fingerprint density at radius 2 is 1.86 bits per heavy atom. The molecule has 1 aromatic rings. The molecule has 3 rings (SSSR count). The van der Waals surface area contributed by atoms with Gasteiger partial charge in [0.25, 0.3) is 0 Å². The zero-order valence-corrected chi connectivity index (χ0v) is 15.7. The number of nitrogens with one attached hydrogen (secondary N) is 1. The summed E-state index contributed by atoms with van der Waals surface area (Å²) in [4.78, 5) is 26.2. The van der Waals surface area contributed by atoms with Gasteiger partial charge in [-0.3, -0.25) is 4.79 Å². The van der Waals surface area contributed by atoms with Gasteiger partial charge in [0.15, 0.2) is 0 Å². The van der Waals surface area contributed by atoms with Crippen molar-refractivity contribution in [3.8, 4) is 5.75 Å². The molecule has 10 heteroatoms. The van der Waals surface area contributed by atoms with E-state index in [4.69, 9.17) is 9.84 Å². The Kier molecular flexibility index (Phi) is 6.21. The SMILES string of the molecule is O=C(NCCO)O[C@H]1CC[C@]2(CCN(c3ccc(OC(F)(F)F)cc3)C2=O)CC1. The Morgan fingerprint density at radius 1 is 1.21 bits per heavy atom. The van der Waals surface area contributed by atoms with E-state index < -0.39 is 17.9 Å². The average Bonchev–Trinajstić information content (AvgIpc) is 2.98. The lowest BCUT2D eigenvalue weighted by Crippen LogP contribution is -2.40. The van der Waals surface area contributed by atoms with Crippen LogP contribution in [0.15, 0.2) is 24.3 Å². The fourth-order valence-corrected chi connectivity index (χ4v) is 3.97. The van der Waals surface area contributed by atoms with E-state index in [-0.39, 0.29) is 30.9 Å². The molecular formula is C19H23F3N2O5. The number of carbonyl (C=O) groups excluding carboxylic acids is 2. The van der Waals surface area contributed by atoms with Crippen LogP contribution >= 0.6 is 0 Å². The Hall–Kier alpha value is -2.49. The van der Waals surface area contributed by atoms with E-state index in [0.29, 0.717) is 44.3 Å². The monoisotopic (exact) mass is 416 g/mol. The first-order chi connectivity index (χ1) is 13.7. The summed E-state index contributed by atoms with van der Waals surface area (Å²) in [6.07, 6.45) is -2.69. The van der Waals surface area contributed by atoms with Crippen molar-refractivity contribution in [2.24, 2.45) is 5.41 Å². The molecule has 2 fully saturated rings. The van der Waals surface area contributed by atoms with Gasteiger partial charge in [-0.15, -0.1) is 13.2 Å². The molecule has 0 radical (unpaired) electrons. The van der Waals surface area contributed by atoms with Crippen molar-refractivity contribution in [3.05, 3.63) is 24.3 Å². The Balaban J connectivity index is 1.57. The van der Waals surface area contributed by atoms with Gasteiger partial charge in [0.05, 0.1) is 12.0 Å². The van der Waals surface area contributed by atoms with Crippen LogP contribution in [0.5, 0.6) is 5.75 Å². The molecule has 2 N–H and O–H groups in total. The molecule has 0 atom stereocenters. The predicted octanol–water partition coefficient (Wildman–Crippen LogP) is 2.97. The van der Waals surface area contributed by atoms with Gasteiger partial charge in [-0.1, -0.05) is 0 Å². The molecule has 1 aliphatic heterocycles. The molecule has 1 aliphatic carbocycles. The summed E-state index contributed by atoms with van der Waals surface area (Å²) in [6.45, 7) is 0.438. The maximum Gasteiger partial charge on any atom is 0.573 e. The predicted molar refractivity (Wildman–Crippen MR) is 96.4 cm³/mol. The molecule has 2 aliphatic rings. The topological polar surface area (TPSA) is 88.1 Å². The lowest BCUT2D eigenvalue weighted by atomic mass is 9.72. The van der Waals surface area contributed by atoms with Gasteiger partial charge < -0.3 is 24.8 Å². The number of hydrogen-bond acceptors (Lipinski definition) is 5. The van der Waals surface area contributed by atoms with E-state index in [9.17, 15) is 22.8 Å². The highest BCUT2D eigenvalue weighted by Crippen LogP contribution is 2.46. The standard InChI is InChI=1S/C19H23F3N2O5/c20-19(21,22)29-15-3-1-13(2-4-15)24-11-9-18(16(24)26)7-5-14(6-8-18)28-17(27)23-10-12-25/h1-4,14,25H,5-12H2,(H,23,27)/t14-,18+. The highest BCUT2D eigenvalue weighted by atomic mass is 19.4. The lowest BCUT2D eigenvalue weighted by Gasteiger charge is -2.35. The first-order valence-corrected chi connectivity index (χ1v) is 9.46. The van der Waals surface area contributed by atoms with Crippen molar-refractivity contribution in [2.45, 2.75) is 44.6 Å². The number of benzene rings is 1. The van der Waals surface area contributed by atoms with Gasteiger partial charge >= 0.3 is 12.5 Å². The lowest BCUT2D eigenvalue weighted by molar-refractivity contribution is -0.274. The fraction of sp³-hybridized carbons (Fsp3) is 0.579. The number of aliphatic hydroxyl groups excluding tert-OH is 1. The third-order valence-electron chi connectivity index (χ3n) is 5.44. The summed E-state index contributed by atoms with van der Waals surface area (Å²) < 4.78 is 46.0. The van der Waals surface area contributed by atoms with Crippen LogP contribution in [0, 0.1) is 5.41 Å². The summed E-state index contributed by atoms with van der Waals surface area (Å²) in [6, 6.07) is 5.27. The highest BCUT2D eigenvalue weighted by molar-refractivity contribution is 6.00.